The van der Waals surface area contributed by atoms with Gasteiger partial charge in [0.2, 0.25) is 0 Å². The van der Waals surface area contributed by atoms with E-state index in [1.54, 1.807) is 0 Å². The molecule has 1 unspecified atom stereocenters. The van der Waals surface area contributed by atoms with Gasteiger partial charge in [-0.05, 0) is 43.9 Å². The van der Waals surface area contributed by atoms with E-state index in [4.69, 9.17) is 5.73 Å². The Morgan fingerprint density at radius 1 is 1.44 bits per heavy atom. The molecule has 1 saturated heterocycles. The lowest BCUT2D eigenvalue weighted by Crippen LogP contribution is -2.40. The molecule has 1 aliphatic rings. The zero-order valence-electron chi connectivity index (χ0n) is 11.0. The highest BCUT2D eigenvalue weighted by molar-refractivity contribution is 5.96. The minimum atomic E-state index is 0. The third-order valence-electron chi connectivity index (χ3n) is 3.75. The monoisotopic (exact) mass is 268 g/mol. The second-order valence-corrected chi connectivity index (χ2v) is 4.78. The molecule has 0 radical (unpaired) electrons. The summed E-state index contributed by atoms with van der Waals surface area (Å²) >= 11 is 0. The van der Waals surface area contributed by atoms with Crippen molar-refractivity contribution in [3.63, 3.8) is 0 Å². The van der Waals surface area contributed by atoms with Crippen LogP contribution in [0.25, 0.3) is 0 Å². The fourth-order valence-corrected chi connectivity index (χ4v) is 2.49. The number of aryl methyl sites for hydroxylation is 1. The SMILES string of the molecule is Cc1cccc(C(=O)N2CCCC2CN)c1C.Cl. The van der Waals surface area contributed by atoms with Crippen molar-refractivity contribution < 1.29 is 4.79 Å². The number of carbonyl (C=O) groups excluding carboxylic acids is 1. The average molecular weight is 269 g/mol. The topological polar surface area (TPSA) is 46.3 Å². The molecule has 0 aromatic heterocycles. The summed E-state index contributed by atoms with van der Waals surface area (Å²) in [6.45, 7) is 5.46. The molecule has 1 aromatic carbocycles. The van der Waals surface area contributed by atoms with Crippen LogP contribution in [0.2, 0.25) is 0 Å². The third kappa shape index (κ3) is 2.68. The van der Waals surface area contributed by atoms with E-state index in [-0.39, 0.29) is 24.4 Å². The number of rotatable bonds is 2. The Morgan fingerprint density at radius 2 is 2.17 bits per heavy atom. The molecule has 0 aliphatic carbocycles. The maximum Gasteiger partial charge on any atom is 0.254 e. The van der Waals surface area contributed by atoms with Crippen molar-refractivity contribution in [1.82, 2.24) is 4.90 Å². The fourth-order valence-electron chi connectivity index (χ4n) is 2.49. The van der Waals surface area contributed by atoms with Crippen molar-refractivity contribution in [3.8, 4) is 0 Å². The van der Waals surface area contributed by atoms with E-state index in [1.165, 1.54) is 5.56 Å². The van der Waals surface area contributed by atoms with E-state index in [2.05, 4.69) is 0 Å². The van der Waals surface area contributed by atoms with Gasteiger partial charge in [-0.1, -0.05) is 12.1 Å². The molecule has 100 valence electrons. The van der Waals surface area contributed by atoms with Gasteiger partial charge in [0.1, 0.15) is 0 Å². The van der Waals surface area contributed by atoms with E-state index in [1.807, 2.05) is 36.9 Å². The Morgan fingerprint density at radius 3 is 2.83 bits per heavy atom. The lowest BCUT2D eigenvalue weighted by Gasteiger charge is -2.24. The second-order valence-electron chi connectivity index (χ2n) is 4.78. The molecule has 2 rings (SSSR count). The highest BCUT2D eigenvalue weighted by Crippen LogP contribution is 2.22. The van der Waals surface area contributed by atoms with Crippen LogP contribution in [0.3, 0.4) is 0 Å². The van der Waals surface area contributed by atoms with Crippen LogP contribution in [-0.2, 0) is 0 Å². The summed E-state index contributed by atoms with van der Waals surface area (Å²) in [6, 6.07) is 6.12. The first-order valence-electron chi connectivity index (χ1n) is 6.22. The summed E-state index contributed by atoms with van der Waals surface area (Å²) in [5.74, 6) is 0.138. The summed E-state index contributed by atoms with van der Waals surface area (Å²) in [5.41, 5.74) is 8.79. The summed E-state index contributed by atoms with van der Waals surface area (Å²) in [7, 11) is 0. The van der Waals surface area contributed by atoms with Crippen molar-refractivity contribution in [2.24, 2.45) is 5.73 Å². The summed E-state index contributed by atoms with van der Waals surface area (Å²) in [4.78, 5) is 14.4. The van der Waals surface area contributed by atoms with Crippen LogP contribution < -0.4 is 5.73 Å². The quantitative estimate of drug-likeness (QED) is 0.895. The van der Waals surface area contributed by atoms with Crippen LogP contribution in [0.5, 0.6) is 0 Å². The van der Waals surface area contributed by atoms with Gasteiger partial charge in [-0.3, -0.25) is 4.79 Å². The lowest BCUT2D eigenvalue weighted by molar-refractivity contribution is 0.0740. The molecule has 0 saturated carbocycles. The van der Waals surface area contributed by atoms with E-state index >= 15 is 0 Å². The Labute approximate surface area is 115 Å². The molecule has 1 heterocycles. The average Bonchev–Trinajstić information content (AvgIpc) is 2.80. The van der Waals surface area contributed by atoms with Crippen molar-refractivity contribution >= 4 is 18.3 Å². The first-order valence-corrected chi connectivity index (χ1v) is 6.22. The van der Waals surface area contributed by atoms with Crippen LogP contribution in [-0.4, -0.2) is 29.9 Å². The van der Waals surface area contributed by atoms with Gasteiger partial charge in [0, 0.05) is 24.7 Å². The van der Waals surface area contributed by atoms with Gasteiger partial charge >= 0.3 is 0 Å². The zero-order valence-corrected chi connectivity index (χ0v) is 11.8. The highest BCUT2D eigenvalue weighted by Gasteiger charge is 2.28. The maximum atomic E-state index is 12.5. The molecule has 1 atom stereocenters. The summed E-state index contributed by atoms with van der Waals surface area (Å²) < 4.78 is 0. The minimum absolute atomic E-state index is 0. The molecule has 1 fully saturated rings. The maximum absolute atomic E-state index is 12.5. The van der Waals surface area contributed by atoms with Crippen molar-refractivity contribution in [2.45, 2.75) is 32.7 Å². The summed E-state index contributed by atoms with van der Waals surface area (Å²) in [5, 5.41) is 0. The van der Waals surface area contributed by atoms with Crippen molar-refractivity contribution in [2.75, 3.05) is 13.1 Å². The Balaban J connectivity index is 0.00000162. The van der Waals surface area contributed by atoms with Crippen LogP contribution in [0.1, 0.15) is 34.3 Å². The third-order valence-corrected chi connectivity index (χ3v) is 3.75. The van der Waals surface area contributed by atoms with E-state index in [0.29, 0.717) is 6.54 Å². The molecule has 3 nitrogen and oxygen atoms in total. The molecule has 0 spiro atoms. The van der Waals surface area contributed by atoms with E-state index in [9.17, 15) is 4.79 Å². The molecular formula is C14H21ClN2O. The van der Waals surface area contributed by atoms with Gasteiger partial charge in [0.25, 0.3) is 5.91 Å². The molecule has 4 heteroatoms. The van der Waals surface area contributed by atoms with Gasteiger partial charge in [-0.25, -0.2) is 0 Å². The number of carbonyl (C=O) groups is 1. The predicted molar refractivity (Wildman–Crippen MR) is 76.3 cm³/mol. The number of hydrogen-bond acceptors (Lipinski definition) is 2. The van der Waals surface area contributed by atoms with Crippen LogP contribution >= 0.6 is 12.4 Å². The van der Waals surface area contributed by atoms with E-state index in [0.717, 1.165) is 30.5 Å². The normalized spacial score (nSPS) is 18.6. The molecule has 2 N–H and O–H groups in total. The lowest BCUT2D eigenvalue weighted by atomic mass is 10.0. The molecule has 1 aliphatic heterocycles. The van der Waals surface area contributed by atoms with Gasteiger partial charge in [0.05, 0.1) is 0 Å². The van der Waals surface area contributed by atoms with Gasteiger partial charge in [-0.2, -0.15) is 0 Å². The van der Waals surface area contributed by atoms with Gasteiger partial charge in [-0.15, -0.1) is 12.4 Å². The number of amides is 1. The first-order chi connectivity index (χ1) is 8.15. The zero-order chi connectivity index (χ0) is 12.4. The largest absolute Gasteiger partial charge is 0.334 e. The number of nitrogens with two attached hydrogens (primary N) is 1. The van der Waals surface area contributed by atoms with Crippen LogP contribution in [0.4, 0.5) is 0 Å². The smallest absolute Gasteiger partial charge is 0.254 e. The number of benzene rings is 1. The molecule has 1 amide bonds. The molecular weight excluding hydrogens is 248 g/mol. The number of hydrogen-bond donors (Lipinski definition) is 1. The summed E-state index contributed by atoms with van der Waals surface area (Å²) in [6.07, 6.45) is 2.10. The van der Waals surface area contributed by atoms with E-state index < -0.39 is 0 Å². The first kappa shape index (κ1) is 15.0. The Bertz CT molecular complexity index is 434. The van der Waals surface area contributed by atoms with Crippen LogP contribution in [0.15, 0.2) is 18.2 Å². The standard InChI is InChI=1S/C14H20N2O.ClH/c1-10-5-3-7-13(11(10)2)14(17)16-8-4-6-12(16)9-15;/h3,5,7,12H,4,6,8-9,15H2,1-2H3;1H. The fraction of sp³-hybridized carbons (Fsp3) is 0.500. The van der Waals surface area contributed by atoms with Gasteiger partial charge < -0.3 is 10.6 Å². The Kier molecular flexibility index (Phi) is 5.17. The van der Waals surface area contributed by atoms with Gasteiger partial charge in [0.15, 0.2) is 0 Å². The number of likely N-dealkylation sites (tertiary alicyclic amines) is 1. The predicted octanol–water partition coefficient (Wildman–Crippen LogP) is 2.29. The number of nitrogens with zero attached hydrogens (tertiary/aromatic N) is 1. The second kappa shape index (κ2) is 6.21. The number of halogens is 1. The Hall–Kier alpha value is -1.06. The molecule has 0 bridgehead atoms. The molecule has 1 aromatic rings. The molecule has 18 heavy (non-hydrogen) atoms. The highest BCUT2D eigenvalue weighted by atomic mass is 35.5. The van der Waals surface area contributed by atoms with Crippen LogP contribution in [0, 0.1) is 13.8 Å². The minimum Gasteiger partial charge on any atom is -0.334 e. The van der Waals surface area contributed by atoms with Crippen molar-refractivity contribution in [3.05, 3.63) is 34.9 Å². The van der Waals surface area contributed by atoms with Crippen molar-refractivity contribution in [1.29, 1.82) is 0 Å².